The van der Waals surface area contributed by atoms with Crippen LogP contribution >= 0.6 is 22.9 Å². The summed E-state index contributed by atoms with van der Waals surface area (Å²) in [5.41, 5.74) is 1.66. The van der Waals surface area contributed by atoms with Gasteiger partial charge in [-0.2, -0.15) is 0 Å². The third-order valence-electron chi connectivity index (χ3n) is 4.84. The second kappa shape index (κ2) is 9.17. The molecule has 0 aliphatic heterocycles. The van der Waals surface area contributed by atoms with E-state index in [-0.39, 0.29) is 5.28 Å². The Hall–Kier alpha value is -3.88. The molecule has 1 saturated carbocycles. The van der Waals surface area contributed by atoms with Gasteiger partial charge in [0.15, 0.2) is 10.8 Å². The minimum absolute atomic E-state index is 0.00389. The molecule has 5 rings (SSSR count). The number of methoxy groups -OCH3 is 1. The molecule has 1 N–H and O–H groups in total. The van der Waals surface area contributed by atoms with Crippen molar-refractivity contribution in [3.8, 4) is 40.3 Å². The van der Waals surface area contributed by atoms with Crippen LogP contribution in [0.4, 0.5) is 5.13 Å². The Bertz CT molecular complexity index is 1450. The van der Waals surface area contributed by atoms with Gasteiger partial charge >= 0.3 is 0 Å². The number of carbonyl (C=O) groups is 1. The lowest BCUT2D eigenvalue weighted by molar-refractivity contribution is 0.102. The average molecular weight is 494 g/mol. The molecule has 0 unspecified atom stereocenters. The monoisotopic (exact) mass is 493 g/mol. The zero-order valence-corrected chi connectivity index (χ0v) is 19.6. The number of ether oxygens (including phenoxy) is 1. The Morgan fingerprint density at radius 1 is 1.26 bits per heavy atom. The largest absolute Gasteiger partial charge is 0.493 e. The van der Waals surface area contributed by atoms with E-state index < -0.39 is 5.91 Å². The summed E-state index contributed by atoms with van der Waals surface area (Å²) in [5.74, 6) is 7.20. The van der Waals surface area contributed by atoms with Crippen molar-refractivity contribution in [1.29, 1.82) is 0 Å². The maximum Gasteiger partial charge on any atom is 0.258 e. The number of hydrogen-bond donors (Lipinski definition) is 1. The second-order valence-corrected chi connectivity index (χ2v) is 8.67. The molecule has 3 aromatic heterocycles. The van der Waals surface area contributed by atoms with Gasteiger partial charge in [0, 0.05) is 29.5 Å². The van der Waals surface area contributed by atoms with Crippen molar-refractivity contribution >= 4 is 34.0 Å². The number of benzene rings is 1. The lowest BCUT2D eigenvalue weighted by Crippen LogP contribution is -2.13. The Balaban J connectivity index is 1.53. The van der Waals surface area contributed by atoms with Gasteiger partial charge in [-0.15, -0.1) is 20.4 Å². The van der Waals surface area contributed by atoms with Gasteiger partial charge in [-0.1, -0.05) is 17.3 Å². The van der Waals surface area contributed by atoms with E-state index in [1.165, 1.54) is 24.6 Å². The van der Waals surface area contributed by atoms with Crippen molar-refractivity contribution in [1.82, 2.24) is 30.4 Å². The number of nitrogens with one attached hydrogen (secondary N) is 1. The molecule has 3 heterocycles. The van der Waals surface area contributed by atoms with Crippen LogP contribution in [0.15, 0.2) is 28.8 Å². The van der Waals surface area contributed by atoms with Crippen LogP contribution in [0, 0.1) is 24.7 Å². The lowest BCUT2D eigenvalue weighted by atomic mass is 9.99. The third kappa shape index (κ3) is 4.73. The van der Waals surface area contributed by atoms with E-state index >= 15 is 0 Å². The van der Waals surface area contributed by atoms with E-state index in [4.69, 9.17) is 20.8 Å². The summed E-state index contributed by atoms with van der Waals surface area (Å²) in [6.07, 6.45) is 3.67. The first-order chi connectivity index (χ1) is 16.5. The number of nitrogens with zero attached hydrogens (tertiary/aromatic N) is 6. The molecule has 0 saturated heterocycles. The standard InChI is InChI=1S/C22H16ClN7O3S/c1-11-27-29-20(33-11)13-6-7-14(15(9-13)18-16(32-2)10-24-21(23)25-18)19(31)26-22-30-28-17(34-22)8-5-12-3-4-12/h6-7,9-10,12H,3-4H2,1-2H3,(H,26,30,31). The Morgan fingerprint density at radius 3 is 2.85 bits per heavy atom. The van der Waals surface area contributed by atoms with Crippen LogP contribution < -0.4 is 10.1 Å². The van der Waals surface area contributed by atoms with Gasteiger partial charge in [0.25, 0.3) is 5.91 Å². The van der Waals surface area contributed by atoms with E-state index in [0.717, 1.165) is 12.8 Å². The number of aromatic nitrogens is 6. The normalized spacial score (nSPS) is 12.7. The fourth-order valence-electron chi connectivity index (χ4n) is 3.06. The SMILES string of the molecule is COc1cnc(Cl)nc1-c1cc(-c2nnc(C)o2)ccc1C(=O)Nc1nnc(C#CC2CC2)s1. The van der Waals surface area contributed by atoms with Crippen molar-refractivity contribution in [2.75, 3.05) is 12.4 Å². The number of hydrogen-bond acceptors (Lipinski definition) is 10. The molecule has 1 aliphatic rings. The molecular weight excluding hydrogens is 478 g/mol. The number of anilines is 1. The molecule has 12 heteroatoms. The topological polar surface area (TPSA) is 129 Å². The van der Waals surface area contributed by atoms with Gasteiger partial charge in [-0.05, 0) is 48.6 Å². The van der Waals surface area contributed by atoms with Crippen molar-refractivity contribution in [3.05, 3.63) is 46.1 Å². The second-order valence-electron chi connectivity index (χ2n) is 7.35. The summed E-state index contributed by atoms with van der Waals surface area (Å²) in [6.45, 7) is 1.69. The summed E-state index contributed by atoms with van der Waals surface area (Å²) in [7, 11) is 1.48. The highest BCUT2D eigenvalue weighted by Gasteiger charge is 2.22. The van der Waals surface area contributed by atoms with Gasteiger partial charge < -0.3 is 9.15 Å². The fraction of sp³-hybridized carbons (Fsp3) is 0.227. The highest BCUT2D eigenvalue weighted by molar-refractivity contribution is 7.15. The molecular formula is C22H16ClN7O3S. The van der Waals surface area contributed by atoms with E-state index in [1.807, 2.05) is 0 Å². The molecule has 1 aliphatic carbocycles. The fourth-order valence-corrected chi connectivity index (χ4v) is 3.79. The van der Waals surface area contributed by atoms with Crippen LogP contribution in [0.25, 0.3) is 22.7 Å². The van der Waals surface area contributed by atoms with E-state index in [1.54, 1.807) is 25.1 Å². The summed E-state index contributed by atoms with van der Waals surface area (Å²) in [6, 6.07) is 5.03. The molecule has 1 amide bonds. The van der Waals surface area contributed by atoms with Crippen LogP contribution in [-0.2, 0) is 0 Å². The third-order valence-corrected chi connectivity index (χ3v) is 5.78. The minimum Gasteiger partial charge on any atom is -0.493 e. The number of carbonyl (C=O) groups excluding carboxylic acids is 1. The molecule has 4 aromatic rings. The quantitative estimate of drug-likeness (QED) is 0.323. The Morgan fingerprint density at radius 2 is 2.12 bits per heavy atom. The van der Waals surface area contributed by atoms with Crippen molar-refractivity contribution in [3.63, 3.8) is 0 Å². The number of halogens is 1. The van der Waals surface area contributed by atoms with Gasteiger partial charge in [-0.25, -0.2) is 9.97 Å². The van der Waals surface area contributed by atoms with E-state index in [0.29, 0.717) is 56.0 Å². The molecule has 0 spiro atoms. The molecule has 34 heavy (non-hydrogen) atoms. The minimum atomic E-state index is -0.419. The summed E-state index contributed by atoms with van der Waals surface area (Å²) in [4.78, 5) is 21.5. The Kier molecular flexibility index (Phi) is 5.91. The first-order valence-corrected chi connectivity index (χ1v) is 11.4. The van der Waals surface area contributed by atoms with Crippen LogP contribution in [0.3, 0.4) is 0 Å². The van der Waals surface area contributed by atoms with Crippen molar-refractivity contribution < 1.29 is 13.9 Å². The summed E-state index contributed by atoms with van der Waals surface area (Å²) >= 11 is 7.26. The number of aryl methyl sites for hydroxylation is 1. The molecule has 1 fully saturated rings. The zero-order valence-electron chi connectivity index (χ0n) is 18.0. The van der Waals surface area contributed by atoms with Crippen LogP contribution in [0.2, 0.25) is 5.28 Å². The lowest BCUT2D eigenvalue weighted by Gasteiger charge is -2.12. The smallest absolute Gasteiger partial charge is 0.258 e. The van der Waals surface area contributed by atoms with Gasteiger partial charge in [0.05, 0.1) is 13.3 Å². The molecule has 0 atom stereocenters. The van der Waals surface area contributed by atoms with Gasteiger partial charge in [0.2, 0.25) is 22.2 Å². The number of rotatable bonds is 5. The summed E-state index contributed by atoms with van der Waals surface area (Å²) < 4.78 is 11.0. The highest BCUT2D eigenvalue weighted by atomic mass is 35.5. The van der Waals surface area contributed by atoms with Crippen molar-refractivity contribution in [2.45, 2.75) is 19.8 Å². The average Bonchev–Trinajstić information content (AvgIpc) is 3.40. The van der Waals surface area contributed by atoms with Gasteiger partial charge in [-0.3, -0.25) is 10.1 Å². The van der Waals surface area contributed by atoms with E-state index in [2.05, 4.69) is 47.5 Å². The van der Waals surface area contributed by atoms with Crippen LogP contribution in [0.5, 0.6) is 5.75 Å². The molecule has 0 bridgehead atoms. The molecule has 170 valence electrons. The first-order valence-electron chi connectivity index (χ1n) is 10.2. The van der Waals surface area contributed by atoms with E-state index in [9.17, 15) is 4.79 Å². The van der Waals surface area contributed by atoms with Gasteiger partial charge in [0.1, 0.15) is 5.69 Å². The molecule has 0 radical (unpaired) electrons. The first kappa shape index (κ1) is 21.9. The Labute approximate surface area is 202 Å². The predicted molar refractivity (Wildman–Crippen MR) is 125 cm³/mol. The predicted octanol–water partition coefficient (Wildman–Crippen LogP) is 4.03. The molecule has 1 aromatic carbocycles. The number of amides is 1. The molecule has 10 nitrogen and oxygen atoms in total. The zero-order chi connectivity index (χ0) is 23.7. The maximum absolute atomic E-state index is 13.3. The highest BCUT2D eigenvalue weighted by Crippen LogP contribution is 2.34. The maximum atomic E-state index is 13.3. The van der Waals surface area contributed by atoms with Crippen LogP contribution in [-0.4, -0.2) is 43.4 Å². The van der Waals surface area contributed by atoms with Crippen molar-refractivity contribution in [2.24, 2.45) is 5.92 Å². The summed E-state index contributed by atoms with van der Waals surface area (Å²) in [5, 5.41) is 19.6. The van der Waals surface area contributed by atoms with Crippen LogP contribution in [0.1, 0.15) is 34.1 Å².